The number of aromatic nitrogens is 2. The van der Waals surface area contributed by atoms with Gasteiger partial charge in [0.2, 0.25) is 0 Å². The molecule has 2 heterocycles. The van der Waals surface area contributed by atoms with E-state index in [1.54, 1.807) is 0 Å². The summed E-state index contributed by atoms with van der Waals surface area (Å²) in [6, 6.07) is 3.77. The van der Waals surface area contributed by atoms with Crippen molar-refractivity contribution < 1.29 is 4.79 Å². The number of rotatable bonds is 2. The van der Waals surface area contributed by atoms with Gasteiger partial charge in [0.15, 0.2) is 5.15 Å². The van der Waals surface area contributed by atoms with Crippen molar-refractivity contribution in [1.82, 2.24) is 9.38 Å². The fraction of sp³-hybridized carbons (Fsp3) is 0.200. The lowest BCUT2D eigenvalue weighted by Gasteiger charge is -2.00. The Morgan fingerprint density at radius 1 is 1.64 bits per heavy atom. The molecule has 0 aliphatic heterocycles. The van der Waals surface area contributed by atoms with Gasteiger partial charge < -0.3 is 9.20 Å². The van der Waals surface area contributed by atoms with Gasteiger partial charge in [-0.05, 0) is 18.6 Å². The first-order valence-electron chi connectivity index (χ1n) is 4.29. The first-order chi connectivity index (χ1) is 6.74. The van der Waals surface area contributed by atoms with Gasteiger partial charge in [-0.25, -0.2) is 4.98 Å². The Balaban J connectivity index is 2.78. The molecule has 0 aliphatic carbocycles. The Bertz CT molecular complexity index is 490. The second kappa shape index (κ2) is 3.42. The minimum atomic E-state index is 0.370. The van der Waals surface area contributed by atoms with Gasteiger partial charge in [-0.2, -0.15) is 0 Å². The number of halogens is 1. The SMILES string of the molecule is Cc1nc(Cl)c2c(CC=O)cccn12. The van der Waals surface area contributed by atoms with E-state index in [2.05, 4.69) is 4.98 Å². The summed E-state index contributed by atoms with van der Waals surface area (Å²) in [6.07, 6.45) is 3.13. The average molecular weight is 209 g/mol. The molecule has 0 aliphatic rings. The highest BCUT2D eigenvalue weighted by atomic mass is 35.5. The van der Waals surface area contributed by atoms with E-state index in [1.165, 1.54) is 0 Å². The lowest BCUT2D eigenvalue weighted by Crippen LogP contribution is -1.93. The molecule has 2 aromatic heterocycles. The Kier molecular flexibility index (Phi) is 2.25. The first kappa shape index (κ1) is 9.21. The molecule has 0 saturated heterocycles. The van der Waals surface area contributed by atoms with Crippen LogP contribution in [0.4, 0.5) is 0 Å². The third kappa shape index (κ3) is 1.30. The summed E-state index contributed by atoms with van der Waals surface area (Å²) in [4.78, 5) is 14.6. The summed E-state index contributed by atoms with van der Waals surface area (Å²) in [6.45, 7) is 1.88. The van der Waals surface area contributed by atoms with Gasteiger partial charge in [-0.15, -0.1) is 0 Å². The van der Waals surface area contributed by atoms with Crippen molar-refractivity contribution in [1.29, 1.82) is 0 Å². The maximum absolute atomic E-state index is 10.5. The van der Waals surface area contributed by atoms with Crippen LogP contribution >= 0.6 is 11.6 Å². The smallest absolute Gasteiger partial charge is 0.155 e. The van der Waals surface area contributed by atoms with E-state index in [9.17, 15) is 4.79 Å². The van der Waals surface area contributed by atoms with Gasteiger partial charge in [-0.1, -0.05) is 17.7 Å². The second-order valence-electron chi connectivity index (χ2n) is 3.07. The minimum absolute atomic E-state index is 0.370. The van der Waals surface area contributed by atoms with E-state index in [0.29, 0.717) is 11.6 Å². The molecule has 4 heteroatoms. The van der Waals surface area contributed by atoms with Crippen LogP contribution in [0.3, 0.4) is 0 Å². The number of hydrogen-bond acceptors (Lipinski definition) is 2. The van der Waals surface area contributed by atoms with Gasteiger partial charge in [0, 0.05) is 12.6 Å². The number of pyridine rings is 1. The normalized spacial score (nSPS) is 10.7. The van der Waals surface area contributed by atoms with Crippen molar-refractivity contribution in [2.45, 2.75) is 13.3 Å². The highest BCUT2D eigenvalue weighted by Crippen LogP contribution is 2.21. The number of nitrogens with zero attached hydrogens (tertiary/aromatic N) is 2. The molecule has 2 aromatic rings. The van der Waals surface area contributed by atoms with Crippen LogP contribution in [0.1, 0.15) is 11.4 Å². The molecule has 0 bridgehead atoms. The number of carbonyl (C=O) groups is 1. The molecule has 2 rings (SSSR count). The van der Waals surface area contributed by atoms with Gasteiger partial charge >= 0.3 is 0 Å². The molecule has 0 aromatic carbocycles. The Morgan fingerprint density at radius 3 is 3.14 bits per heavy atom. The molecule has 0 N–H and O–H groups in total. The maximum Gasteiger partial charge on any atom is 0.155 e. The minimum Gasteiger partial charge on any atom is -0.303 e. The van der Waals surface area contributed by atoms with E-state index < -0.39 is 0 Å². The molecule has 72 valence electrons. The number of carbonyl (C=O) groups excluding carboxylic acids is 1. The quantitative estimate of drug-likeness (QED) is 0.708. The number of fused-ring (bicyclic) bond motifs is 1. The zero-order valence-corrected chi connectivity index (χ0v) is 8.45. The van der Waals surface area contributed by atoms with Crippen LogP contribution in [-0.2, 0) is 11.2 Å². The Hall–Kier alpha value is -1.35. The maximum atomic E-state index is 10.5. The van der Waals surface area contributed by atoms with Crippen LogP contribution in [0, 0.1) is 6.92 Å². The van der Waals surface area contributed by atoms with Gasteiger partial charge in [-0.3, -0.25) is 0 Å². The second-order valence-corrected chi connectivity index (χ2v) is 3.43. The lowest BCUT2D eigenvalue weighted by molar-refractivity contribution is -0.107. The monoisotopic (exact) mass is 208 g/mol. The highest BCUT2D eigenvalue weighted by molar-refractivity contribution is 6.33. The van der Waals surface area contributed by atoms with Crippen LogP contribution in [0.15, 0.2) is 18.3 Å². The Morgan fingerprint density at radius 2 is 2.43 bits per heavy atom. The van der Waals surface area contributed by atoms with Gasteiger partial charge in [0.05, 0.1) is 5.52 Å². The van der Waals surface area contributed by atoms with Crippen LogP contribution in [-0.4, -0.2) is 15.7 Å². The number of imidazole rings is 1. The average Bonchev–Trinajstić information content (AvgIpc) is 2.44. The first-order valence-corrected chi connectivity index (χ1v) is 4.67. The predicted octanol–water partition coefficient (Wildman–Crippen LogP) is 2.04. The topological polar surface area (TPSA) is 34.4 Å². The zero-order chi connectivity index (χ0) is 10.1. The molecule has 14 heavy (non-hydrogen) atoms. The van der Waals surface area contributed by atoms with E-state index in [0.717, 1.165) is 23.2 Å². The van der Waals surface area contributed by atoms with Crippen molar-refractivity contribution in [3.05, 3.63) is 34.9 Å². The summed E-state index contributed by atoms with van der Waals surface area (Å²) in [7, 11) is 0. The van der Waals surface area contributed by atoms with Gasteiger partial charge in [0.1, 0.15) is 12.1 Å². The molecule has 0 radical (unpaired) electrons. The van der Waals surface area contributed by atoms with E-state index in [1.807, 2.05) is 29.7 Å². The summed E-state index contributed by atoms with van der Waals surface area (Å²) >= 11 is 5.97. The molecule has 0 spiro atoms. The number of aldehydes is 1. The van der Waals surface area contributed by atoms with E-state index >= 15 is 0 Å². The van der Waals surface area contributed by atoms with Crippen LogP contribution < -0.4 is 0 Å². The van der Waals surface area contributed by atoms with Crippen molar-refractivity contribution in [3.63, 3.8) is 0 Å². The van der Waals surface area contributed by atoms with Crippen LogP contribution in [0.2, 0.25) is 5.15 Å². The van der Waals surface area contributed by atoms with Gasteiger partial charge in [0.25, 0.3) is 0 Å². The molecular weight excluding hydrogens is 200 g/mol. The highest BCUT2D eigenvalue weighted by Gasteiger charge is 2.09. The molecule has 0 unspecified atom stereocenters. The predicted molar refractivity (Wildman–Crippen MR) is 54.7 cm³/mol. The summed E-state index contributed by atoms with van der Waals surface area (Å²) in [5.41, 5.74) is 1.74. The molecular formula is C10H9ClN2O. The third-order valence-corrected chi connectivity index (χ3v) is 2.45. The fourth-order valence-corrected chi connectivity index (χ4v) is 1.89. The van der Waals surface area contributed by atoms with Crippen molar-refractivity contribution >= 4 is 23.4 Å². The molecule has 0 atom stereocenters. The molecule has 0 fully saturated rings. The molecule has 0 amide bonds. The van der Waals surface area contributed by atoms with Crippen molar-refractivity contribution in [2.75, 3.05) is 0 Å². The standard InChI is InChI=1S/C10H9ClN2O/c1-7-12-10(11)9-8(4-6-14)3-2-5-13(7)9/h2-3,5-6H,4H2,1H3. The Labute approximate surface area is 86.3 Å². The third-order valence-electron chi connectivity index (χ3n) is 2.18. The summed E-state index contributed by atoms with van der Waals surface area (Å²) < 4.78 is 1.89. The van der Waals surface area contributed by atoms with Crippen LogP contribution in [0.25, 0.3) is 5.52 Å². The molecule has 3 nitrogen and oxygen atoms in total. The lowest BCUT2D eigenvalue weighted by atomic mass is 10.2. The largest absolute Gasteiger partial charge is 0.303 e. The van der Waals surface area contributed by atoms with Crippen LogP contribution in [0.5, 0.6) is 0 Å². The van der Waals surface area contributed by atoms with E-state index in [4.69, 9.17) is 11.6 Å². The van der Waals surface area contributed by atoms with Crippen molar-refractivity contribution in [3.8, 4) is 0 Å². The summed E-state index contributed by atoms with van der Waals surface area (Å²) in [5.74, 6) is 0.831. The summed E-state index contributed by atoms with van der Waals surface area (Å²) in [5, 5.41) is 0.458. The van der Waals surface area contributed by atoms with E-state index in [-0.39, 0.29) is 0 Å². The fourth-order valence-electron chi connectivity index (χ4n) is 1.56. The number of hydrogen-bond donors (Lipinski definition) is 0. The zero-order valence-electron chi connectivity index (χ0n) is 7.70. The molecule has 0 saturated carbocycles. The van der Waals surface area contributed by atoms with Crippen molar-refractivity contribution in [2.24, 2.45) is 0 Å². The number of aryl methyl sites for hydroxylation is 1.